The lowest BCUT2D eigenvalue weighted by Gasteiger charge is -2.34. The number of benzene rings is 3. The predicted molar refractivity (Wildman–Crippen MR) is 293 cm³/mol. The van der Waals surface area contributed by atoms with Crippen LogP contribution in [0.4, 0.5) is 0 Å². The van der Waals surface area contributed by atoms with Crippen LogP contribution in [0, 0.1) is 0 Å². The van der Waals surface area contributed by atoms with Gasteiger partial charge in [-0.2, -0.15) is 0 Å². The fraction of sp³-hybridized carbons (Fsp3) is 0.368. The highest BCUT2D eigenvalue weighted by atomic mass is 16.5. The van der Waals surface area contributed by atoms with Crippen LogP contribution in [0.1, 0.15) is 51.5 Å². The van der Waals surface area contributed by atoms with Crippen molar-refractivity contribution in [3.05, 3.63) is 192 Å². The van der Waals surface area contributed by atoms with E-state index in [1.165, 1.54) is 55.4 Å². The molecule has 0 radical (unpaired) electrons. The van der Waals surface area contributed by atoms with E-state index >= 15 is 0 Å². The van der Waals surface area contributed by atoms with Gasteiger partial charge in [-0.15, -0.1) is 0 Å². The molecule has 0 fully saturated rings. The Morgan fingerprint density at radius 3 is 0.927 bits per heavy atom. The fourth-order valence-electron chi connectivity index (χ4n) is 9.10. The molecule has 0 saturated carbocycles. The largest absolute Gasteiger partial charge is 0.483 e. The maximum absolute atomic E-state index is 14.6. The number of nitrogens with one attached hydrogen (secondary N) is 3. The third-order valence-electron chi connectivity index (χ3n) is 12.9. The van der Waals surface area contributed by atoms with Gasteiger partial charge in [0.15, 0.2) is 17.2 Å². The predicted octanol–water partition coefficient (Wildman–Crippen LogP) is 1.40. The monoisotopic (exact) mass is 1140 g/mol. The van der Waals surface area contributed by atoms with E-state index < -0.39 is 71.4 Å². The van der Waals surface area contributed by atoms with Crippen molar-refractivity contribution >= 4 is 17.7 Å². The number of nitrogens with zero attached hydrogens (tertiary/aromatic N) is 4. The molecule has 3 amide bonds. The number of hydrogen-bond donors (Lipinski definition) is 9. The second kappa shape index (κ2) is 33.6. The van der Waals surface area contributed by atoms with Gasteiger partial charge in [-0.3, -0.25) is 49.3 Å². The highest BCUT2D eigenvalue weighted by Crippen LogP contribution is 2.33. The Hall–Kier alpha value is -8.08. The van der Waals surface area contributed by atoms with Crippen molar-refractivity contribution in [1.29, 1.82) is 0 Å². The van der Waals surface area contributed by atoms with E-state index in [-0.39, 0.29) is 133 Å². The van der Waals surface area contributed by atoms with Crippen LogP contribution in [-0.2, 0) is 68.0 Å². The number of aliphatic hydroxyl groups is 3. The number of aliphatic hydroxyl groups excluding tert-OH is 3. The Morgan fingerprint density at radius 2 is 0.683 bits per heavy atom. The zero-order valence-corrected chi connectivity index (χ0v) is 45.0. The van der Waals surface area contributed by atoms with Gasteiger partial charge in [-0.05, 0) is 16.7 Å². The van der Waals surface area contributed by atoms with Crippen molar-refractivity contribution in [1.82, 2.24) is 35.0 Å². The molecule has 3 aromatic carbocycles. The number of rotatable bonds is 36. The molecule has 6 rings (SSSR count). The number of pyridine rings is 3. The highest BCUT2D eigenvalue weighted by molar-refractivity contribution is 5.85. The van der Waals surface area contributed by atoms with Gasteiger partial charge in [0.05, 0.1) is 94.3 Å². The summed E-state index contributed by atoms with van der Waals surface area (Å²) in [5.74, 6) is -9.69. The van der Waals surface area contributed by atoms with Crippen molar-refractivity contribution in [3.63, 3.8) is 0 Å². The van der Waals surface area contributed by atoms with Crippen molar-refractivity contribution in [2.45, 2.75) is 57.2 Å². The van der Waals surface area contributed by atoms with Gasteiger partial charge in [0, 0.05) is 76.1 Å². The number of hydroxylamine groups is 3. The molecular formula is C57H69N7O18. The summed E-state index contributed by atoms with van der Waals surface area (Å²) in [4.78, 5) is 87.7. The Kier molecular flexibility index (Phi) is 25.9. The minimum absolute atomic E-state index is 0.0752. The van der Waals surface area contributed by atoms with Gasteiger partial charge in [0.1, 0.15) is 19.8 Å². The molecule has 0 aliphatic rings. The second-order valence-electron chi connectivity index (χ2n) is 18.4. The summed E-state index contributed by atoms with van der Waals surface area (Å²) >= 11 is 0. The average molecular weight is 1140 g/mol. The first kappa shape index (κ1) is 63.1. The molecule has 25 nitrogen and oxygen atoms in total. The molecular weight excluding hydrogens is 1070 g/mol. The number of aromatic nitrogens is 3. The van der Waals surface area contributed by atoms with Crippen LogP contribution in [0.2, 0.25) is 0 Å². The van der Waals surface area contributed by atoms with Crippen LogP contribution in [0.15, 0.2) is 142 Å². The molecule has 9 N–H and O–H groups in total. The number of carbonyl (C=O) groups excluding carboxylic acids is 3. The molecule has 0 bridgehead atoms. The van der Waals surface area contributed by atoms with Crippen LogP contribution >= 0.6 is 0 Å². The van der Waals surface area contributed by atoms with Crippen LogP contribution in [0.25, 0.3) is 0 Å². The third-order valence-corrected chi connectivity index (χ3v) is 12.9. The van der Waals surface area contributed by atoms with Gasteiger partial charge >= 0.3 is 0 Å². The highest BCUT2D eigenvalue weighted by Gasteiger charge is 2.39. The van der Waals surface area contributed by atoms with E-state index in [1.807, 2.05) is 0 Å². The molecule has 0 aliphatic carbocycles. The molecule has 0 aliphatic heterocycles. The maximum atomic E-state index is 14.6. The first-order valence-corrected chi connectivity index (χ1v) is 26.3. The Labute approximate surface area is 470 Å². The van der Waals surface area contributed by atoms with Crippen molar-refractivity contribution in [2.75, 3.05) is 79.1 Å². The molecule has 3 unspecified atom stereocenters. The summed E-state index contributed by atoms with van der Waals surface area (Å²) in [6, 6.07) is 29.8. The van der Waals surface area contributed by atoms with Crippen LogP contribution in [0.3, 0.4) is 0 Å². The zero-order chi connectivity index (χ0) is 58.6. The Balaban J connectivity index is 1.63. The standard InChI is InChI=1S/C57H69N7O18/c65-25-31-77-28-22-62-19-16-46(68)52(80-37-40-10-4-1-5-11-40)49(62)43(55(71)58-74)34-61(35-44(56(72)59-75)50-53(81-38-41-12-6-2-7-13-41)47(69)17-20-63(50)23-29-78-32-26-66)36-45(57(73)60-76)51-54(82-39-42-14-8-3-9-15-42)48(70)18-21-64(51)24-30-79-33-27-67/h1-21,43-45,65-67,74-76H,22-39H2,(H,58,71)(H,59,72)(H,60,73). The minimum Gasteiger partial charge on any atom is -0.483 e. The van der Waals surface area contributed by atoms with E-state index in [9.17, 15) is 59.7 Å². The summed E-state index contributed by atoms with van der Waals surface area (Å²) in [6.07, 6.45) is 4.07. The number of hydrogen-bond acceptors (Lipinski definition) is 19. The molecule has 440 valence electrons. The zero-order valence-electron chi connectivity index (χ0n) is 45.0. The molecule has 0 saturated heterocycles. The molecule has 25 heteroatoms. The molecule has 3 heterocycles. The van der Waals surface area contributed by atoms with Crippen LogP contribution < -0.4 is 46.9 Å². The van der Waals surface area contributed by atoms with E-state index in [2.05, 4.69) is 0 Å². The van der Waals surface area contributed by atoms with E-state index in [4.69, 9.17) is 28.4 Å². The summed E-state index contributed by atoms with van der Waals surface area (Å²) in [7, 11) is 0. The van der Waals surface area contributed by atoms with Gasteiger partial charge in [0.2, 0.25) is 16.3 Å². The normalized spacial score (nSPS) is 12.3. The molecule has 3 aromatic heterocycles. The van der Waals surface area contributed by atoms with E-state index in [0.717, 1.165) is 0 Å². The number of carbonyl (C=O) groups is 3. The lowest BCUT2D eigenvalue weighted by molar-refractivity contribution is -0.132. The van der Waals surface area contributed by atoms with Gasteiger partial charge < -0.3 is 57.4 Å². The van der Waals surface area contributed by atoms with E-state index in [1.54, 1.807) is 107 Å². The number of amides is 3. The molecule has 3 atom stereocenters. The molecule has 82 heavy (non-hydrogen) atoms. The quantitative estimate of drug-likeness (QED) is 0.0153. The summed E-state index contributed by atoms with van der Waals surface area (Å²) in [6.45, 7) is -4.33. The lowest BCUT2D eigenvalue weighted by Crippen LogP contribution is -2.46. The first-order chi connectivity index (χ1) is 40.0. The Morgan fingerprint density at radius 1 is 0.415 bits per heavy atom. The van der Waals surface area contributed by atoms with Crippen molar-refractivity contribution in [2.24, 2.45) is 0 Å². The number of ether oxygens (including phenoxy) is 6. The maximum Gasteiger partial charge on any atom is 0.253 e. The van der Waals surface area contributed by atoms with Gasteiger partial charge in [0.25, 0.3) is 17.7 Å². The first-order valence-electron chi connectivity index (χ1n) is 26.3. The second-order valence-corrected chi connectivity index (χ2v) is 18.4. The molecule has 0 spiro atoms. The van der Waals surface area contributed by atoms with Gasteiger partial charge in [-0.25, -0.2) is 16.4 Å². The molecule has 6 aromatic rings. The smallest absolute Gasteiger partial charge is 0.253 e. The van der Waals surface area contributed by atoms with Crippen molar-refractivity contribution in [3.8, 4) is 17.2 Å². The average Bonchev–Trinajstić information content (AvgIpc) is 3.61. The van der Waals surface area contributed by atoms with Crippen molar-refractivity contribution < 1.29 is 73.7 Å². The minimum atomic E-state index is -1.73. The fourth-order valence-corrected chi connectivity index (χ4v) is 9.10. The topological polar surface area (TPSA) is 333 Å². The van der Waals surface area contributed by atoms with E-state index in [0.29, 0.717) is 16.7 Å². The van der Waals surface area contributed by atoms with Gasteiger partial charge in [-0.1, -0.05) is 91.0 Å². The lowest BCUT2D eigenvalue weighted by atomic mass is 9.95. The Bertz CT molecular complexity index is 2800. The SMILES string of the molecule is O=C(NO)C(CN(CC(C(=O)NO)c1c(OCc2ccccc2)c(=O)ccn1CCOCCO)CC(C(=O)NO)c1c(OCc2ccccc2)c(=O)ccn1CCOCCO)c1c(OCc2ccccc2)c(=O)ccn1CCOCCO. The van der Waals surface area contributed by atoms with Crippen LogP contribution in [-0.4, -0.2) is 146 Å². The summed E-state index contributed by atoms with van der Waals surface area (Å²) < 4.78 is 40.0. The third kappa shape index (κ3) is 18.0. The summed E-state index contributed by atoms with van der Waals surface area (Å²) in [5, 5.41) is 60.6. The van der Waals surface area contributed by atoms with Crippen LogP contribution in [0.5, 0.6) is 17.2 Å². The summed E-state index contributed by atoms with van der Waals surface area (Å²) in [5.41, 5.74) is 4.36.